The second-order valence-corrected chi connectivity index (χ2v) is 8.73. The number of rotatable bonds is 6. The Balaban J connectivity index is 1.50. The SMILES string of the molecule is CN1CCC(NC(=O)c2cccc(-c3cnc(N)c(OCc4c(F)ccc(F)c4Cl)c3)c2)CC1. The van der Waals surface area contributed by atoms with Crippen molar-refractivity contribution in [3.8, 4) is 16.9 Å². The number of piperidine rings is 1. The Labute approximate surface area is 201 Å². The molecule has 1 fully saturated rings. The third-order valence-corrected chi connectivity index (χ3v) is 6.31. The molecule has 0 bridgehead atoms. The van der Waals surface area contributed by atoms with E-state index in [2.05, 4.69) is 22.2 Å². The molecule has 2 aromatic carbocycles. The molecule has 4 rings (SSSR count). The Hall–Kier alpha value is -3.23. The first-order chi connectivity index (χ1) is 16.3. The van der Waals surface area contributed by atoms with Crippen LogP contribution < -0.4 is 15.8 Å². The molecule has 0 unspecified atom stereocenters. The maximum Gasteiger partial charge on any atom is 0.251 e. The number of benzene rings is 2. The highest BCUT2D eigenvalue weighted by Crippen LogP contribution is 2.30. The van der Waals surface area contributed by atoms with Gasteiger partial charge in [-0.1, -0.05) is 23.7 Å². The molecule has 0 spiro atoms. The summed E-state index contributed by atoms with van der Waals surface area (Å²) in [6, 6.07) is 10.9. The topological polar surface area (TPSA) is 80.5 Å². The van der Waals surface area contributed by atoms with Gasteiger partial charge in [0.05, 0.1) is 5.02 Å². The monoisotopic (exact) mass is 486 g/mol. The second kappa shape index (κ2) is 10.4. The summed E-state index contributed by atoms with van der Waals surface area (Å²) in [5.74, 6) is -1.27. The van der Waals surface area contributed by atoms with Gasteiger partial charge in [-0.2, -0.15) is 0 Å². The molecule has 9 heteroatoms. The molecular formula is C25H25ClF2N4O2. The van der Waals surface area contributed by atoms with Crippen molar-refractivity contribution < 1.29 is 18.3 Å². The molecule has 1 amide bonds. The third kappa shape index (κ3) is 5.46. The summed E-state index contributed by atoms with van der Waals surface area (Å²) in [5, 5.41) is 2.76. The molecule has 0 aliphatic carbocycles. The molecule has 2 heterocycles. The number of aromatic nitrogens is 1. The maximum absolute atomic E-state index is 14.1. The number of nitrogens with one attached hydrogen (secondary N) is 1. The molecule has 0 saturated carbocycles. The van der Waals surface area contributed by atoms with Gasteiger partial charge < -0.3 is 20.7 Å². The van der Waals surface area contributed by atoms with Gasteiger partial charge in [-0.15, -0.1) is 0 Å². The average Bonchev–Trinajstić information content (AvgIpc) is 2.84. The zero-order valence-corrected chi connectivity index (χ0v) is 19.4. The van der Waals surface area contributed by atoms with Gasteiger partial charge in [-0.05, 0) is 68.9 Å². The van der Waals surface area contributed by atoms with E-state index in [1.54, 1.807) is 30.5 Å². The van der Waals surface area contributed by atoms with E-state index in [1.807, 2.05) is 6.07 Å². The van der Waals surface area contributed by atoms with Crippen LogP contribution in [0.5, 0.6) is 5.75 Å². The van der Waals surface area contributed by atoms with E-state index in [0.29, 0.717) is 11.1 Å². The van der Waals surface area contributed by atoms with Gasteiger partial charge in [-0.25, -0.2) is 13.8 Å². The zero-order valence-electron chi connectivity index (χ0n) is 18.7. The van der Waals surface area contributed by atoms with E-state index < -0.39 is 11.6 Å². The molecule has 178 valence electrons. The quantitative estimate of drug-likeness (QED) is 0.495. The smallest absolute Gasteiger partial charge is 0.251 e. The first kappa shape index (κ1) is 23.9. The van der Waals surface area contributed by atoms with E-state index in [1.165, 1.54) is 0 Å². The van der Waals surface area contributed by atoms with Gasteiger partial charge in [0.2, 0.25) is 0 Å². The molecule has 6 nitrogen and oxygen atoms in total. The molecule has 3 N–H and O–H groups in total. The van der Waals surface area contributed by atoms with Gasteiger partial charge in [-0.3, -0.25) is 4.79 Å². The number of nitrogens with two attached hydrogens (primary N) is 1. The van der Waals surface area contributed by atoms with Gasteiger partial charge in [0.1, 0.15) is 18.2 Å². The molecule has 1 aromatic heterocycles. The summed E-state index contributed by atoms with van der Waals surface area (Å²) in [5.41, 5.74) is 7.74. The predicted molar refractivity (Wildman–Crippen MR) is 128 cm³/mol. The lowest BCUT2D eigenvalue weighted by Crippen LogP contribution is -2.43. The minimum atomic E-state index is -0.739. The third-order valence-electron chi connectivity index (χ3n) is 5.90. The van der Waals surface area contributed by atoms with Gasteiger partial charge in [0, 0.05) is 28.9 Å². The lowest BCUT2D eigenvalue weighted by Gasteiger charge is -2.29. The van der Waals surface area contributed by atoms with Gasteiger partial charge in [0.15, 0.2) is 11.6 Å². The Bertz CT molecular complexity index is 1200. The molecule has 3 aromatic rings. The number of hydrogen-bond donors (Lipinski definition) is 2. The van der Waals surface area contributed by atoms with Crippen LogP contribution in [0.3, 0.4) is 0 Å². The van der Waals surface area contributed by atoms with E-state index in [9.17, 15) is 13.6 Å². The number of halogens is 3. The molecule has 1 aliphatic heterocycles. The van der Waals surface area contributed by atoms with Crippen LogP contribution in [-0.2, 0) is 6.61 Å². The molecule has 0 atom stereocenters. The number of carbonyl (C=O) groups excluding carboxylic acids is 1. The fourth-order valence-corrected chi connectivity index (χ4v) is 4.05. The number of pyridine rings is 1. The summed E-state index contributed by atoms with van der Waals surface area (Å²) in [4.78, 5) is 19.2. The predicted octanol–water partition coefficient (Wildman–Crippen LogP) is 4.67. The normalized spacial score (nSPS) is 14.7. The minimum absolute atomic E-state index is 0.0906. The Morgan fingerprint density at radius 1 is 1.18 bits per heavy atom. The van der Waals surface area contributed by atoms with Crippen molar-refractivity contribution in [3.63, 3.8) is 0 Å². The Kier molecular flexibility index (Phi) is 7.29. The van der Waals surface area contributed by atoms with Gasteiger partial charge >= 0.3 is 0 Å². The maximum atomic E-state index is 14.1. The number of nitrogens with zero attached hydrogens (tertiary/aromatic N) is 2. The van der Waals surface area contributed by atoms with Crippen LogP contribution in [0.1, 0.15) is 28.8 Å². The summed E-state index contributed by atoms with van der Waals surface area (Å²) in [6.45, 7) is 1.59. The minimum Gasteiger partial charge on any atom is -0.485 e. The Morgan fingerprint density at radius 2 is 1.91 bits per heavy atom. The van der Waals surface area contributed by atoms with E-state index in [0.717, 1.165) is 43.6 Å². The van der Waals surface area contributed by atoms with Crippen LogP contribution in [0.4, 0.5) is 14.6 Å². The average molecular weight is 487 g/mol. The highest BCUT2D eigenvalue weighted by atomic mass is 35.5. The van der Waals surface area contributed by atoms with Crippen molar-refractivity contribution in [3.05, 3.63) is 76.4 Å². The number of ether oxygens (including phenoxy) is 1. The van der Waals surface area contributed by atoms with Crippen molar-refractivity contribution in [1.29, 1.82) is 0 Å². The first-order valence-corrected chi connectivity index (χ1v) is 11.3. The van der Waals surface area contributed by atoms with E-state index >= 15 is 0 Å². The Morgan fingerprint density at radius 3 is 2.68 bits per heavy atom. The van der Waals surface area contributed by atoms with Crippen molar-refractivity contribution in [2.24, 2.45) is 0 Å². The van der Waals surface area contributed by atoms with Crippen molar-refractivity contribution in [2.75, 3.05) is 25.9 Å². The fourth-order valence-electron chi connectivity index (χ4n) is 3.84. The lowest BCUT2D eigenvalue weighted by molar-refractivity contribution is 0.0917. The lowest BCUT2D eigenvalue weighted by atomic mass is 10.0. The fraction of sp³-hybridized carbons (Fsp3) is 0.280. The number of anilines is 1. The van der Waals surface area contributed by atoms with Crippen molar-refractivity contribution in [2.45, 2.75) is 25.5 Å². The summed E-state index contributed by atoms with van der Waals surface area (Å²) < 4.78 is 33.4. The standard InChI is InChI=1S/C25H25ClF2N4O2/c1-32-9-7-18(8-10-32)31-25(33)16-4-2-3-15(11-16)17-12-22(24(29)30-13-17)34-14-19-20(27)5-6-21(28)23(19)26/h2-6,11-13,18H,7-10,14H2,1H3,(H2,29,30)(H,31,33). The van der Waals surface area contributed by atoms with E-state index in [4.69, 9.17) is 22.1 Å². The highest BCUT2D eigenvalue weighted by Gasteiger charge is 2.19. The largest absolute Gasteiger partial charge is 0.485 e. The molecular weight excluding hydrogens is 462 g/mol. The number of hydrogen-bond acceptors (Lipinski definition) is 5. The second-order valence-electron chi connectivity index (χ2n) is 8.35. The highest BCUT2D eigenvalue weighted by molar-refractivity contribution is 6.31. The molecule has 34 heavy (non-hydrogen) atoms. The number of amides is 1. The van der Waals surface area contributed by atoms with Crippen LogP contribution >= 0.6 is 11.6 Å². The molecule has 1 saturated heterocycles. The summed E-state index contributed by atoms with van der Waals surface area (Å²) in [7, 11) is 2.07. The van der Waals surface area contributed by atoms with Crippen molar-refractivity contribution >= 4 is 23.3 Å². The number of nitrogen functional groups attached to an aromatic ring is 1. The van der Waals surface area contributed by atoms with Gasteiger partial charge in [0.25, 0.3) is 5.91 Å². The van der Waals surface area contributed by atoms with Crippen LogP contribution in [0.25, 0.3) is 11.1 Å². The van der Waals surface area contributed by atoms with Crippen LogP contribution in [0.2, 0.25) is 5.02 Å². The number of carbonyl (C=O) groups is 1. The summed E-state index contributed by atoms with van der Waals surface area (Å²) >= 11 is 5.87. The first-order valence-electron chi connectivity index (χ1n) is 10.9. The molecule has 1 aliphatic rings. The van der Waals surface area contributed by atoms with E-state index in [-0.39, 0.29) is 40.7 Å². The van der Waals surface area contributed by atoms with Crippen LogP contribution in [0, 0.1) is 11.6 Å². The molecule has 0 radical (unpaired) electrons. The summed E-state index contributed by atoms with van der Waals surface area (Å²) in [6.07, 6.45) is 3.40. The van der Waals surface area contributed by atoms with Crippen LogP contribution in [0.15, 0.2) is 48.7 Å². The van der Waals surface area contributed by atoms with Crippen LogP contribution in [-0.4, -0.2) is 42.0 Å². The zero-order chi connectivity index (χ0) is 24.2. The number of likely N-dealkylation sites (tertiary alicyclic amines) is 1. The van der Waals surface area contributed by atoms with Crippen molar-refractivity contribution in [1.82, 2.24) is 15.2 Å².